The van der Waals surface area contributed by atoms with Crippen molar-refractivity contribution in [3.05, 3.63) is 52.5 Å². The van der Waals surface area contributed by atoms with Crippen molar-refractivity contribution >= 4 is 46.6 Å². The van der Waals surface area contributed by atoms with Gasteiger partial charge in [0.15, 0.2) is 0 Å². The molecule has 1 heterocycles. The highest BCUT2D eigenvalue weighted by atomic mass is 35.5. The number of anilines is 1. The zero-order chi connectivity index (χ0) is 18.5. The second-order valence-corrected chi connectivity index (χ2v) is 6.83. The fourth-order valence-corrected chi connectivity index (χ4v) is 3.09. The van der Waals surface area contributed by atoms with Crippen LogP contribution in [0.15, 0.2) is 52.1 Å². The summed E-state index contributed by atoms with van der Waals surface area (Å²) in [6, 6.07) is 12.0. The molecule has 0 radical (unpaired) electrons. The predicted octanol–water partition coefficient (Wildman–Crippen LogP) is 4.78. The molecule has 2 aromatic carbocycles. The summed E-state index contributed by atoms with van der Waals surface area (Å²) in [6.45, 7) is 0. The van der Waals surface area contributed by atoms with E-state index >= 15 is 0 Å². The Morgan fingerprint density at radius 3 is 2.65 bits per heavy atom. The smallest absolute Gasteiger partial charge is 0.277 e. The number of carbonyl (C=O) groups is 1. The fraction of sp³-hybridized carbons (Fsp3) is 0.118. The summed E-state index contributed by atoms with van der Waals surface area (Å²) in [5.74, 6) is 0.924. The first-order valence-electron chi connectivity index (χ1n) is 7.41. The van der Waals surface area contributed by atoms with Crippen molar-refractivity contribution < 1.29 is 13.9 Å². The minimum absolute atomic E-state index is 0.127. The van der Waals surface area contributed by atoms with Crippen LogP contribution in [-0.4, -0.2) is 29.0 Å². The summed E-state index contributed by atoms with van der Waals surface area (Å²) in [7, 11) is 1.58. The molecule has 0 unspecified atom stereocenters. The number of ether oxygens (including phenoxy) is 1. The van der Waals surface area contributed by atoms with E-state index in [0.717, 1.165) is 17.5 Å². The van der Waals surface area contributed by atoms with E-state index in [1.165, 1.54) is 0 Å². The first-order chi connectivity index (χ1) is 12.5. The zero-order valence-corrected chi connectivity index (χ0v) is 15.9. The molecule has 0 atom stereocenters. The fourth-order valence-electron chi connectivity index (χ4n) is 2.04. The Hall–Kier alpha value is -2.22. The Balaban J connectivity index is 1.58. The normalized spacial score (nSPS) is 10.6. The number of rotatable bonds is 6. The monoisotopic (exact) mass is 409 g/mol. The number of hydrogen-bond acceptors (Lipinski definition) is 6. The maximum absolute atomic E-state index is 12.0. The molecule has 0 spiro atoms. The van der Waals surface area contributed by atoms with Crippen LogP contribution in [0.25, 0.3) is 11.5 Å². The van der Waals surface area contributed by atoms with E-state index < -0.39 is 0 Å². The third-order valence-electron chi connectivity index (χ3n) is 3.27. The van der Waals surface area contributed by atoms with Crippen molar-refractivity contribution in [1.29, 1.82) is 0 Å². The number of hydrogen-bond donors (Lipinski definition) is 1. The number of nitrogens with zero attached hydrogens (tertiary/aromatic N) is 2. The van der Waals surface area contributed by atoms with Crippen molar-refractivity contribution in [3.8, 4) is 17.2 Å². The summed E-state index contributed by atoms with van der Waals surface area (Å²) in [5, 5.41) is 11.8. The first kappa shape index (κ1) is 18.6. The van der Waals surface area contributed by atoms with Gasteiger partial charge in [0, 0.05) is 10.7 Å². The number of carbonyl (C=O) groups excluding carboxylic acids is 1. The third-order valence-corrected chi connectivity index (χ3v) is 4.63. The van der Waals surface area contributed by atoms with Gasteiger partial charge in [-0.3, -0.25) is 4.79 Å². The molecule has 0 aliphatic carbocycles. The lowest BCUT2D eigenvalue weighted by molar-refractivity contribution is -0.113. The molecule has 3 aromatic rings. The van der Waals surface area contributed by atoms with Crippen LogP contribution in [0.2, 0.25) is 10.0 Å². The van der Waals surface area contributed by atoms with Crippen LogP contribution in [0.5, 0.6) is 5.75 Å². The Kier molecular flexibility index (Phi) is 6.03. The molecule has 0 bridgehead atoms. The molecule has 1 aromatic heterocycles. The number of thioether (sulfide) groups is 1. The quantitative estimate of drug-likeness (QED) is 0.590. The molecule has 0 saturated heterocycles. The van der Waals surface area contributed by atoms with E-state index in [1.807, 2.05) is 0 Å². The second-order valence-electron chi connectivity index (χ2n) is 5.06. The van der Waals surface area contributed by atoms with Crippen LogP contribution in [0.4, 0.5) is 5.69 Å². The molecule has 1 amide bonds. The SMILES string of the molecule is COc1ccc(NC(=O)CSc2nnc(-c3ccc(Cl)cc3Cl)o2)cc1. The molecule has 0 aliphatic heterocycles. The van der Waals surface area contributed by atoms with Gasteiger partial charge in [-0.05, 0) is 42.5 Å². The summed E-state index contributed by atoms with van der Waals surface area (Å²) >= 11 is 13.1. The van der Waals surface area contributed by atoms with Gasteiger partial charge in [-0.2, -0.15) is 0 Å². The average molecular weight is 410 g/mol. The lowest BCUT2D eigenvalue weighted by atomic mass is 10.2. The van der Waals surface area contributed by atoms with E-state index in [4.69, 9.17) is 32.4 Å². The Morgan fingerprint density at radius 1 is 1.19 bits per heavy atom. The highest BCUT2D eigenvalue weighted by molar-refractivity contribution is 7.99. The molecule has 3 rings (SSSR count). The van der Waals surface area contributed by atoms with E-state index in [2.05, 4.69) is 15.5 Å². The van der Waals surface area contributed by atoms with E-state index in [1.54, 1.807) is 49.6 Å². The van der Waals surface area contributed by atoms with Crippen molar-refractivity contribution in [1.82, 2.24) is 10.2 Å². The summed E-state index contributed by atoms with van der Waals surface area (Å²) < 4.78 is 10.6. The van der Waals surface area contributed by atoms with Gasteiger partial charge in [0.25, 0.3) is 5.22 Å². The van der Waals surface area contributed by atoms with Crippen molar-refractivity contribution in [2.75, 3.05) is 18.2 Å². The summed E-state index contributed by atoms with van der Waals surface area (Å²) in [4.78, 5) is 12.0. The lowest BCUT2D eigenvalue weighted by Crippen LogP contribution is -2.13. The molecular weight excluding hydrogens is 397 g/mol. The van der Waals surface area contributed by atoms with Gasteiger partial charge in [0.2, 0.25) is 11.8 Å². The lowest BCUT2D eigenvalue weighted by Gasteiger charge is -2.05. The third kappa shape index (κ3) is 4.69. The van der Waals surface area contributed by atoms with Crippen molar-refractivity contribution in [3.63, 3.8) is 0 Å². The molecular formula is C17H13Cl2N3O3S. The molecule has 134 valence electrons. The minimum Gasteiger partial charge on any atom is -0.497 e. The number of halogens is 2. The highest BCUT2D eigenvalue weighted by Gasteiger charge is 2.14. The maximum Gasteiger partial charge on any atom is 0.277 e. The zero-order valence-electron chi connectivity index (χ0n) is 13.5. The Bertz CT molecular complexity index is 916. The van der Waals surface area contributed by atoms with Gasteiger partial charge in [-0.15, -0.1) is 10.2 Å². The molecule has 9 heteroatoms. The van der Waals surface area contributed by atoms with Gasteiger partial charge in [-0.25, -0.2) is 0 Å². The van der Waals surface area contributed by atoms with Crippen LogP contribution < -0.4 is 10.1 Å². The number of methoxy groups -OCH3 is 1. The molecule has 1 N–H and O–H groups in total. The topological polar surface area (TPSA) is 77.2 Å². The average Bonchev–Trinajstić information content (AvgIpc) is 3.09. The van der Waals surface area contributed by atoms with Crippen LogP contribution >= 0.6 is 35.0 Å². The van der Waals surface area contributed by atoms with Gasteiger partial charge in [-0.1, -0.05) is 35.0 Å². The Morgan fingerprint density at radius 2 is 1.96 bits per heavy atom. The van der Waals surface area contributed by atoms with Gasteiger partial charge in [0.1, 0.15) is 5.75 Å². The van der Waals surface area contributed by atoms with Crippen molar-refractivity contribution in [2.24, 2.45) is 0 Å². The van der Waals surface area contributed by atoms with Crippen LogP contribution in [0.1, 0.15) is 0 Å². The van der Waals surface area contributed by atoms with Crippen LogP contribution in [0.3, 0.4) is 0 Å². The number of amides is 1. The number of nitrogens with one attached hydrogen (secondary N) is 1. The number of aromatic nitrogens is 2. The van der Waals surface area contributed by atoms with Gasteiger partial charge >= 0.3 is 0 Å². The largest absolute Gasteiger partial charge is 0.497 e. The van der Waals surface area contributed by atoms with Crippen LogP contribution in [0, 0.1) is 0 Å². The van der Waals surface area contributed by atoms with Gasteiger partial charge < -0.3 is 14.5 Å². The molecule has 6 nitrogen and oxygen atoms in total. The van der Waals surface area contributed by atoms with Crippen molar-refractivity contribution in [2.45, 2.75) is 5.22 Å². The standard InChI is InChI=1S/C17H13Cl2N3O3S/c1-24-12-5-3-11(4-6-12)20-15(23)9-26-17-22-21-16(25-17)13-7-2-10(18)8-14(13)19/h2-8H,9H2,1H3,(H,20,23). The Labute approximate surface area is 163 Å². The summed E-state index contributed by atoms with van der Waals surface area (Å²) in [5.41, 5.74) is 1.26. The predicted molar refractivity (Wildman–Crippen MR) is 102 cm³/mol. The van der Waals surface area contributed by atoms with Crippen LogP contribution in [-0.2, 0) is 4.79 Å². The summed E-state index contributed by atoms with van der Waals surface area (Å²) in [6.07, 6.45) is 0. The molecule has 0 aliphatic rings. The number of benzene rings is 2. The van der Waals surface area contributed by atoms with E-state index in [0.29, 0.717) is 21.3 Å². The first-order valence-corrected chi connectivity index (χ1v) is 9.15. The van der Waals surface area contributed by atoms with E-state index in [9.17, 15) is 4.79 Å². The second kappa shape index (κ2) is 8.44. The van der Waals surface area contributed by atoms with Gasteiger partial charge in [0.05, 0.1) is 23.4 Å². The maximum atomic E-state index is 12.0. The highest BCUT2D eigenvalue weighted by Crippen LogP contribution is 2.31. The molecule has 0 fully saturated rings. The van der Waals surface area contributed by atoms with E-state index in [-0.39, 0.29) is 22.8 Å². The minimum atomic E-state index is -0.190. The molecule has 0 saturated carbocycles. The molecule has 26 heavy (non-hydrogen) atoms.